The number of fused-ring (bicyclic) bond motifs is 1. The lowest BCUT2D eigenvalue weighted by molar-refractivity contribution is 0.388. The van der Waals surface area contributed by atoms with E-state index in [-0.39, 0.29) is 5.56 Å². The lowest BCUT2D eigenvalue weighted by atomic mass is 9.92. The van der Waals surface area contributed by atoms with E-state index in [2.05, 4.69) is 24.8 Å². The van der Waals surface area contributed by atoms with Crippen molar-refractivity contribution in [3.05, 3.63) is 41.3 Å². The van der Waals surface area contributed by atoms with E-state index in [9.17, 15) is 4.79 Å². The highest BCUT2D eigenvalue weighted by molar-refractivity contribution is 5.44. The highest BCUT2D eigenvalue weighted by Gasteiger charge is 2.40. The summed E-state index contributed by atoms with van der Waals surface area (Å²) in [7, 11) is 0. The molecule has 0 amide bonds. The molecule has 4 heterocycles. The van der Waals surface area contributed by atoms with Crippen LogP contribution >= 0.6 is 0 Å². The Kier molecular flexibility index (Phi) is 3.46. The van der Waals surface area contributed by atoms with Crippen molar-refractivity contribution in [3.63, 3.8) is 0 Å². The molecule has 2 aliphatic heterocycles. The van der Waals surface area contributed by atoms with Crippen LogP contribution in [0.25, 0.3) is 0 Å². The van der Waals surface area contributed by atoms with Gasteiger partial charge in [-0.05, 0) is 37.7 Å². The highest BCUT2D eigenvalue weighted by Crippen LogP contribution is 2.36. The average Bonchev–Trinajstić information content (AvgIpc) is 3.42. The summed E-state index contributed by atoms with van der Waals surface area (Å²) in [6, 6.07) is 2.68. The molecule has 0 bridgehead atoms. The van der Waals surface area contributed by atoms with Crippen LogP contribution in [0.4, 0.5) is 11.6 Å². The number of nitrogens with zero attached hydrogens (tertiary/aromatic N) is 6. The SMILES string of the molecule is O=c1c(N2CCC3CCN(c4ccncn4)CC32)nccn1C1CC1. The zero-order valence-electron chi connectivity index (χ0n) is 14.2. The van der Waals surface area contributed by atoms with E-state index >= 15 is 0 Å². The first-order valence-electron chi connectivity index (χ1n) is 9.16. The van der Waals surface area contributed by atoms with Crippen LogP contribution in [0.2, 0.25) is 0 Å². The molecule has 2 unspecified atom stereocenters. The first-order chi connectivity index (χ1) is 12.3. The summed E-state index contributed by atoms with van der Waals surface area (Å²) in [5.74, 6) is 2.23. The molecule has 0 spiro atoms. The van der Waals surface area contributed by atoms with Gasteiger partial charge in [0, 0.05) is 44.3 Å². The summed E-state index contributed by atoms with van der Waals surface area (Å²) in [6.07, 6.45) is 11.5. The van der Waals surface area contributed by atoms with Crippen LogP contribution in [0.3, 0.4) is 0 Å². The second-order valence-corrected chi connectivity index (χ2v) is 7.31. The Balaban J connectivity index is 1.44. The van der Waals surface area contributed by atoms with Gasteiger partial charge in [0.1, 0.15) is 12.1 Å². The number of rotatable bonds is 3. The lowest BCUT2D eigenvalue weighted by Crippen LogP contribution is -2.50. The van der Waals surface area contributed by atoms with E-state index in [0.29, 0.717) is 23.8 Å². The van der Waals surface area contributed by atoms with Gasteiger partial charge in [-0.25, -0.2) is 15.0 Å². The third kappa shape index (κ3) is 2.58. The van der Waals surface area contributed by atoms with Crippen molar-refractivity contribution >= 4 is 11.6 Å². The summed E-state index contributed by atoms with van der Waals surface area (Å²) >= 11 is 0. The Hall–Kier alpha value is -2.44. The van der Waals surface area contributed by atoms with Crippen molar-refractivity contribution in [2.24, 2.45) is 5.92 Å². The third-order valence-corrected chi connectivity index (χ3v) is 5.82. The molecule has 25 heavy (non-hydrogen) atoms. The van der Waals surface area contributed by atoms with Crippen molar-refractivity contribution in [1.82, 2.24) is 19.5 Å². The third-order valence-electron chi connectivity index (χ3n) is 5.82. The topological polar surface area (TPSA) is 67.2 Å². The van der Waals surface area contributed by atoms with Crippen molar-refractivity contribution < 1.29 is 0 Å². The minimum atomic E-state index is 0.0739. The molecule has 5 rings (SSSR count). The molecule has 0 radical (unpaired) electrons. The Bertz CT molecular complexity index is 818. The van der Waals surface area contributed by atoms with Crippen LogP contribution in [0.1, 0.15) is 31.7 Å². The Morgan fingerprint density at radius 2 is 1.92 bits per heavy atom. The van der Waals surface area contributed by atoms with Crippen LogP contribution in [0, 0.1) is 5.92 Å². The summed E-state index contributed by atoms with van der Waals surface area (Å²) in [4.78, 5) is 30.3. The fourth-order valence-electron chi connectivity index (χ4n) is 4.33. The zero-order chi connectivity index (χ0) is 16.8. The van der Waals surface area contributed by atoms with Gasteiger partial charge in [-0.1, -0.05) is 0 Å². The summed E-state index contributed by atoms with van der Waals surface area (Å²) in [6.45, 7) is 2.82. The highest BCUT2D eigenvalue weighted by atomic mass is 16.1. The Morgan fingerprint density at radius 3 is 2.72 bits per heavy atom. The molecular formula is C18H22N6O. The molecule has 2 aromatic rings. The quantitative estimate of drug-likeness (QED) is 0.844. The first-order valence-corrected chi connectivity index (χ1v) is 9.16. The van der Waals surface area contributed by atoms with E-state index in [1.54, 1.807) is 18.7 Å². The Morgan fingerprint density at radius 1 is 1.04 bits per heavy atom. The van der Waals surface area contributed by atoms with Crippen molar-refractivity contribution in [1.29, 1.82) is 0 Å². The monoisotopic (exact) mass is 338 g/mol. The van der Waals surface area contributed by atoms with Gasteiger partial charge in [0.15, 0.2) is 5.82 Å². The molecule has 1 aliphatic carbocycles. The maximum atomic E-state index is 12.9. The first kappa shape index (κ1) is 14.9. The van der Waals surface area contributed by atoms with Gasteiger partial charge in [0.05, 0.1) is 6.04 Å². The molecule has 7 heteroatoms. The summed E-state index contributed by atoms with van der Waals surface area (Å²) in [5, 5.41) is 0. The summed E-state index contributed by atoms with van der Waals surface area (Å²) < 4.78 is 1.88. The van der Waals surface area contributed by atoms with E-state index in [4.69, 9.17) is 0 Å². The second kappa shape index (κ2) is 5.82. The lowest BCUT2D eigenvalue weighted by Gasteiger charge is -2.39. The maximum Gasteiger partial charge on any atom is 0.293 e. The van der Waals surface area contributed by atoms with Gasteiger partial charge in [-0.3, -0.25) is 4.79 Å². The van der Waals surface area contributed by atoms with Crippen LogP contribution in [-0.4, -0.2) is 45.2 Å². The molecule has 130 valence electrons. The molecule has 0 N–H and O–H groups in total. The van der Waals surface area contributed by atoms with Crippen molar-refractivity contribution in [2.75, 3.05) is 29.4 Å². The maximum absolute atomic E-state index is 12.9. The summed E-state index contributed by atoms with van der Waals surface area (Å²) in [5.41, 5.74) is 0.0739. The molecule has 2 aromatic heterocycles. The largest absolute Gasteiger partial charge is 0.354 e. The number of hydrogen-bond acceptors (Lipinski definition) is 6. The minimum absolute atomic E-state index is 0.0739. The van der Waals surface area contributed by atoms with Crippen LogP contribution in [0.5, 0.6) is 0 Å². The van der Waals surface area contributed by atoms with E-state index in [0.717, 1.165) is 51.1 Å². The normalized spacial score (nSPS) is 25.9. The average molecular weight is 338 g/mol. The van der Waals surface area contributed by atoms with Gasteiger partial charge >= 0.3 is 0 Å². The van der Waals surface area contributed by atoms with Crippen LogP contribution < -0.4 is 15.4 Å². The van der Waals surface area contributed by atoms with E-state index in [1.807, 2.05) is 16.8 Å². The van der Waals surface area contributed by atoms with Crippen molar-refractivity contribution in [2.45, 2.75) is 37.8 Å². The molecule has 1 saturated carbocycles. The second-order valence-electron chi connectivity index (χ2n) is 7.31. The van der Waals surface area contributed by atoms with Gasteiger partial charge in [0.2, 0.25) is 0 Å². The van der Waals surface area contributed by atoms with Gasteiger partial charge in [-0.2, -0.15) is 0 Å². The minimum Gasteiger partial charge on any atom is -0.354 e. The van der Waals surface area contributed by atoms with Gasteiger partial charge in [-0.15, -0.1) is 0 Å². The fourth-order valence-corrected chi connectivity index (χ4v) is 4.33. The van der Waals surface area contributed by atoms with Crippen molar-refractivity contribution in [3.8, 4) is 0 Å². The standard InChI is InChI=1S/C18H22N6O/c25-18-17(20-7-10-23(18)14-1-2-14)24-9-5-13-4-8-22(11-15(13)24)16-3-6-19-12-21-16/h3,6-7,10,12-15H,1-2,4-5,8-9,11H2. The van der Waals surface area contributed by atoms with E-state index < -0.39 is 0 Å². The molecular weight excluding hydrogens is 316 g/mol. The fraction of sp³-hybridized carbons (Fsp3) is 0.556. The molecule has 2 atom stereocenters. The Labute approximate surface area is 146 Å². The molecule has 7 nitrogen and oxygen atoms in total. The predicted molar refractivity (Wildman–Crippen MR) is 94.9 cm³/mol. The zero-order valence-corrected chi connectivity index (χ0v) is 14.2. The predicted octanol–water partition coefficient (Wildman–Crippen LogP) is 1.47. The molecule has 2 saturated heterocycles. The number of anilines is 2. The van der Waals surface area contributed by atoms with E-state index in [1.165, 1.54) is 0 Å². The van der Waals surface area contributed by atoms with Gasteiger partial charge in [0.25, 0.3) is 5.56 Å². The molecule has 3 aliphatic rings. The smallest absolute Gasteiger partial charge is 0.293 e. The van der Waals surface area contributed by atoms with Gasteiger partial charge < -0.3 is 14.4 Å². The molecule has 0 aromatic carbocycles. The van der Waals surface area contributed by atoms with Crippen LogP contribution in [0.15, 0.2) is 35.8 Å². The number of aromatic nitrogens is 4. The molecule has 3 fully saturated rings. The number of piperidine rings is 1. The van der Waals surface area contributed by atoms with Crippen LogP contribution in [-0.2, 0) is 0 Å². The number of hydrogen-bond donors (Lipinski definition) is 0.